The van der Waals surface area contributed by atoms with E-state index in [0.29, 0.717) is 0 Å². The average Bonchev–Trinajstić information content (AvgIpc) is 1.58. The number of hydrogen-bond donors (Lipinski definition) is 0. The Kier molecular flexibility index (Phi) is 14.7. The van der Waals surface area contributed by atoms with Gasteiger partial charge in [0.2, 0.25) is 0 Å². The molecular formula is C102H63N9. The van der Waals surface area contributed by atoms with Crippen LogP contribution in [0.1, 0.15) is 0 Å². The highest BCUT2D eigenvalue weighted by Gasteiger charge is 2.24. The molecule has 0 radical (unpaired) electrons. The zero-order valence-electron chi connectivity index (χ0n) is 59.9. The van der Waals surface area contributed by atoms with E-state index in [9.17, 15) is 0 Å². The summed E-state index contributed by atoms with van der Waals surface area (Å²) in [7, 11) is 0. The van der Waals surface area contributed by atoms with Crippen molar-refractivity contribution in [2.75, 3.05) is 0 Å². The van der Waals surface area contributed by atoms with Crippen LogP contribution in [-0.4, -0.2) is 43.6 Å². The monoisotopic (exact) mass is 1410 g/mol. The Morgan fingerprint density at radius 2 is 0.568 bits per heavy atom. The van der Waals surface area contributed by atoms with Gasteiger partial charge in [0.25, 0.3) is 0 Å². The smallest absolute Gasteiger partial charge is 0.0801 e. The lowest BCUT2D eigenvalue weighted by Gasteiger charge is -2.13. The van der Waals surface area contributed by atoms with Crippen molar-refractivity contribution >= 4 is 163 Å². The van der Waals surface area contributed by atoms with Crippen LogP contribution in [0.25, 0.3) is 213 Å². The quantitative estimate of drug-likeness (QED) is 0.154. The molecule has 0 bridgehead atoms. The van der Waals surface area contributed by atoms with Crippen molar-refractivity contribution in [2.45, 2.75) is 0 Å². The van der Waals surface area contributed by atoms with Crippen molar-refractivity contribution in [3.05, 3.63) is 383 Å². The third kappa shape index (κ3) is 10.2. The van der Waals surface area contributed by atoms with Crippen LogP contribution < -0.4 is 0 Å². The first-order valence-corrected chi connectivity index (χ1v) is 37.5. The summed E-state index contributed by atoms with van der Waals surface area (Å²) in [6, 6.07) is 121. The molecule has 111 heavy (non-hydrogen) atoms. The number of para-hydroxylation sites is 5. The second kappa shape index (κ2) is 25.9. The summed E-state index contributed by atoms with van der Waals surface area (Å²) in [6.07, 6.45) is 13.1. The molecule has 516 valence electrons. The lowest BCUT2D eigenvalue weighted by atomic mass is 9.99. The van der Waals surface area contributed by atoms with Crippen LogP contribution in [0.3, 0.4) is 0 Å². The minimum absolute atomic E-state index is 1.01. The average molecular weight is 1410 g/mol. The van der Waals surface area contributed by atoms with E-state index in [4.69, 9.17) is 15.0 Å². The van der Waals surface area contributed by atoms with Crippen LogP contribution in [0.15, 0.2) is 383 Å². The van der Waals surface area contributed by atoms with Crippen molar-refractivity contribution in [2.24, 2.45) is 0 Å². The number of aromatic nitrogens is 9. The Labute approximate surface area is 636 Å². The largest absolute Gasteiger partial charge is 0.309 e. The maximum absolute atomic E-state index is 4.84. The molecule has 0 aliphatic heterocycles. The molecule has 9 nitrogen and oxygen atoms in total. The van der Waals surface area contributed by atoms with Gasteiger partial charge in [-0.05, 0) is 182 Å². The van der Waals surface area contributed by atoms with E-state index in [1.54, 1.807) is 0 Å². The standard InChI is InChI=1S/3C34H21N3/c1-2-10-27-26(9-1)32-28-11-4-6-14-31(28)37(34(32)29-12-7-20-36-33(27)29)23-17-15-22(16-18-23)24-19-21-35-30-13-5-3-8-25(24)30;1-2-11-27-26(10-1)31-28-12-3-4-15-30(28)37(34(31)29-14-7-21-36-33(27)29)24-18-16-22(17-19-24)25-13-5-8-23-9-6-20-35-32(23)25;1-2-7-28-27(6-1)32-29-8-3-4-10-31(29)37(34(32)30-9-5-17-36-33(28)30)26-14-13-24-20-23(11-12-25(24)21-26)22-15-18-35-19-16-22/h3*1-21H. The van der Waals surface area contributed by atoms with E-state index >= 15 is 0 Å². The van der Waals surface area contributed by atoms with Gasteiger partial charge < -0.3 is 13.7 Å². The Morgan fingerprint density at radius 3 is 1.08 bits per heavy atom. The van der Waals surface area contributed by atoms with Gasteiger partial charge in [0.15, 0.2) is 0 Å². The first-order chi connectivity index (χ1) is 55.1. The Balaban J connectivity index is 0.000000102. The second-order valence-electron chi connectivity index (χ2n) is 28.4. The van der Waals surface area contributed by atoms with Crippen LogP contribution >= 0.6 is 0 Å². The molecule has 0 atom stereocenters. The van der Waals surface area contributed by atoms with Gasteiger partial charge in [-0.2, -0.15) is 0 Å². The molecular weight excluding hydrogens is 1350 g/mol. The minimum Gasteiger partial charge on any atom is -0.309 e. The van der Waals surface area contributed by atoms with E-state index < -0.39 is 0 Å². The van der Waals surface area contributed by atoms with Crippen molar-refractivity contribution < 1.29 is 0 Å². The Bertz CT molecular complexity index is 7570. The van der Waals surface area contributed by atoms with Crippen molar-refractivity contribution in [1.29, 1.82) is 0 Å². The molecule has 9 heteroatoms. The molecule has 0 fully saturated rings. The van der Waals surface area contributed by atoms with Gasteiger partial charge in [0, 0.05) is 141 Å². The van der Waals surface area contributed by atoms with Crippen molar-refractivity contribution in [3.63, 3.8) is 0 Å². The number of hydrogen-bond acceptors (Lipinski definition) is 6. The maximum atomic E-state index is 4.84. The fourth-order valence-corrected chi connectivity index (χ4v) is 17.6. The minimum atomic E-state index is 1.01. The first-order valence-electron chi connectivity index (χ1n) is 37.5. The summed E-state index contributed by atoms with van der Waals surface area (Å²) in [5.74, 6) is 0. The Morgan fingerprint density at radius 1 is 0.189 bits per heavy atom. The summed E-state index contributed by atoms with van der Waals surface area (Å²) >= 11 is 0. The van der Waals surface area contributed by atoms with Crippen LogP contribution in [0.4, 0.5) is 0 Å². The zero-order valence-corrected chi connectivity index (χ0v) is 59.9. The first kappa shape index (κ1) is 63.2. The van der Waals surface area contributed by atoms with Gasteiger partial charge in [-0.15, -0.1) is 0 Å². The molecule has 9 aromatic heterocycles. The summed E-state index contributed by atoms with van der Waals surface area (Å²) in [4.78, 5) is 27.8. The van der Waals surface area contributed by atoms with E-state index in [2.05, 4.69) is 338 Å². The van der Waals surface area contributed by atoms with Crippen molar-refractivity contribution in [3.8, 4) is 50.4 Å². The van der Waals surface area contributed by atoms with E-state index in [-0.39, 0.29) is 0 Å². The van der Waals surface area contributed by atoms with Crippen molar-refractivity contribution in [1.82, 2.24) is 43.6 Å². The molecule has 0 saturated heterocycles. The number of nitrogens with zero attached hydrogens (tertiary/aromatic N) is 9. The molecule has 0 aliphatic carbocycles. The highest BCUT2D eigenvalue weighted by Crippen LogP contribution is 2.47. The van der Waals surface area contributed by atoms with Crippen LogP contribution in [0.5, 0.6) is 0 Å². The van der Waals surface area contributed by atoms with E-state index in [0.717, 1.165) is 77.3 Å². The van der Waals surface area contributed by atoms with Gasteiger partial charge >= 0.3 is 0 Å². The molecule has 0 aliphatic rings. The van der Waals surface area contributed by atoms with Gasteiger partial charge in [0.1, 0.15) is 0 Å². The SMILES string of the molecule is c1ccc2c(-c3ccc(-n4c5ccccc5c5c6ccccc6c6ncccc6c54)cc3)ccnc2c1.c1ccc2c(c1)c1ncccc1c1c2c2ccccc2n1-c1ccc2cc(-c3ccncc3)ccc2c1.c1cnc2c(-c3ccc(-n4c5ccccc5c5c6ccccc6c6ncccc6c54)cc3)cccc2c1. The highest BCUT2D eigenvalue weighted by molar-refractivity contribution is 6.34. The molecule has 24 rings (SSSR count). The van der Waals surface area contributed by atoms with Crippen LogP contribution in [0, 0.1) is 0 Å². The van der Waals surface area contributed by atoms with Crippen LogP contribution in [-0.2, 0) is 0 Å². The number of benzene rings is 15. The number of fused-ring (bicyclic) bond motifs is 27. The summed E-state index contributed by atoms with van der Waals surface area (Å²) in [6.45, 7) is 0. The van der Waals surface area contributed by atoms with Gasteiger partial charge in [-0.1, -0.05) is 212 Å². The molecule has 0 saturated carbocycles. The molecule has 0 amide bonds. The van der Waals surface area contributed by atoms with Gasteiger partial charge in [-0.25, -0.2) is 0 Å². The molecule has 0 spiro atoms. The third-order valence-corrected chi connectivity index (χ3v) is 22.4. The molecule has 9 heterocycles. The number of rotatable bonds is 6. The summed E-state index contributed by atoms with van der Waals surface area (Å²) in [5, 5.41) is 23.1. The van der Waals surface area contributed by atoms with Gasteiger partial charge in [0.05, 0.1) is 60.7 Å². The topological polar surface area (TPSA) is 92.1 Å². The zero-order chi connectivity index (χ0) is 73.0. The molecule has 0 N–H and O–H groups in total. The summed E-state index contributed by atoms with van der Waals surface area (Å²) < 4.78 is 7.21. The fourth-order valence-electron chi connectivity index (χ4n) is 17.6. The third-order valence-electron chi connectivity index (χ3n) is 22.4. The second-order valence-corrected chi connectivity index (χ2v) is 28.4. The van der Waals surface area contributed by atoms with E-state index in [1.807, 2.05) is 73.7 Å². The molecule has 0 unspecified atom stereocenters. The normalized spacial score (nSPS) is 11.8. The van der Waals surface area contributed by atoms with E-state index in [1.165, 1.54) is 136 Å². The van der Waals surface area contributed by atoms with Gasteiger partial charge in [-0.3, -0.25) is 29.9 Å². The van der Waals surface area contributed by atoms with Crippen LogP contribution in [0.2, 0.25) is 0 Å². The molecule has 24 aromatic rings. The lowest BCUT2D eigenvalue weighted by Crippen LogP contribution is -1.95. The predicted molar refractivity (Wildman–Crippen MR) is 463 cm³/mol. The Hall–Kier alpha value is -15.1. The fraction of sp³-hybridized carbons (Fsp3) is 0. The lowest BCUT2D eigenvalue weighted by molar-refractivity contribution is 1.19. The highest BCUT2D eigenvalue weighted by atomic mass is 15.0. The molecule has 15 aromatic carbocycles. The number of pyridine rings is 6. The predicted octanol–water partition coefficient (Wildman–Crippen LogP) is 26.1. The summed E-state index contributed by atoms with van der Waals surface area (Å²) in [5.41, 5.74) is 22.8. The maximum Gasteiger partial charge on any atom is 0.0801 e.